The molecule has 0 atom stereocenters. The van der Waals surface area contributed by atoms with Gasteiger partial charge in [0, 0.05) is 10.6 Å². The monoisotopic (exact) mass is 239 g/mol. The van der Waals surface area contributed by atoms with Crippen molar-refractivity contribution in [1.29, 1.82) is 0 Å². The maximum Gasteiger partial charge on any atom is 0.122 e. The lowest BCUT2D eigenvalue weighted by molar-refractivity contribution is 0.453. The summed E-state index contributed by atoms with van der Waals surface area (Å²) >= 11 is 6.06. The molecular formula is C13H18ClNO. The minimum absolute atomic E-state index is 0.101. The lowest BCUT2D eigenvalue weighted by Crippen LogP contribution is -2.24. The van der Waals surface area contributed by atoms with Gasteiger partial charge in [-0.1, -0.05) is 25.4 Å². The van der Waals surface area contributed by atoms with E-state index in [0.29, 0.717) is 10.8 Å². The molecule has 16 heavy (non-hydrogen) atoms. The van der Waals surface area contributed by atoms with E-state index in [1.165, 1.54) is 0 Å². The Bertz CT molecular complexity index is 411. The van der Waals surface area contributed by atoms with E-state index < -0.39 is 0 Å². The second-order valence-corrected chi connectivity index (χ2v) is 5.63. The Hall–Kier alpha value is -0.730. The summed E-state index contributed by atoms with van der Waals surface area (Å²) in [5.74, 6) is 0.640. The molecule has 3 N–H and O–H groups in total. The zero-order chi connectivity index (χ0) is 11.9. The van der Waals surface area contributed by atoms with Crippen molar-refractivity contribution in [3.8, 4) is 5.75 Å². The minimum Gasteiger partial charge on any atom is -0.507 e. The van der Waals surface area contributed by atoms with Crippen LogP contribution < -0.4 is 5.73 Å². The molecular weight excluding hydrogens is 222 g/mol. The van der Waals surface area contributed by atoms with Crippen LogP contribution in [0.4, 0.5) is 0 Å². The predicted molar refractivity (Wildman–Crippen MR) is 67.1 cm³/mol. The van der Waals surface area contributed by atoms with Crippen molar-refractivity contribution >= 4 is 11.6 Å². The highest BCUT2D eigenvalue weighted by Gasteiger charge is 2.38. The Morgan fingerprint density at radius 3 is 2.56 bits per heavy atom. The van der Waals surface area contributed by atoms with Gasteiger partial charge in [-0.3, -0.25) is 0 Å². The molecule has 2 rings (SSSR count). The van der Waals surface area contributed by atoms with Gasteiger partial charge in [-0.05, 0) is 48.4 Å². The molecule has 0 unspecified atom stereocenters. The van der Waals surface area contributed by atoms with Gasteiger partial charge in [0.05, 0.1) is 0 Å². The summed E-state index contributed by atoms with van der Waals surface area (Å²) in [5.41, 5.74) is 7.76. The summed E-state index contributed by atoms with van der Waals surface area (Å²) in [6, 6.07) is 3.66. The summed E-state index contributed by atoms with van der Waals surface area (Å²) in [6.45, 7) is 4.09. The average molecular weight is 240 g/mol. The molecule has 1 saturated carbocycles. The molecule has 3 heteroatoms. The van der Waals surface area contributed by atoms with Gasteiger partial charge in [0.15, 0.2) is 0 Å². The fraction of sp³-hybridized carbons (Fsp3) is 0.538. The third-order valence-corrected chi connectivity index (χ3v) is 3.46. The van der Waals surface area contributed by atoms with Gasteiger partial charge in [-0.15, -0.1) is 0 Å². The lowest BCUT2D eigenvalue weighted by atomic mass is 9.95. The topological polar surface area (TPSA) is 46.2 Å². The van der Waals surface area contributed by atoms with Gasteiger partial charge >= 0.3 is 0 Å². The van der Waals surface area contributed by atoms with Gasteiger partial charge in [-0.25, -0.2) is 0 Å². The fourth-order valence-corrected chi connectivity index (χ4v) is 2.22. The first-order valence-electron chi connectivity index (χ1n) is 5.71. The van der Waals surface area contributed by atoms with E-state index in [0.717, 1.165) is 30.4 Å². The van der Waals surface area contributed by atoms with E-state index in [1.54, 1.807) is 0 Å². The van der Waals surface area contributed by atoms with Gasteiger partial charge in [0.2, 0.25) is 0 Å². The fourth-order valence-electron chi connectivity index (χ4n) is 1.97. The molecule has 1 aromatic carbocycles. The number of nitrogens with two attached hydrogens (primary N) is 1. The molecule has 1 aliphatic rings. The molecule has 2 nitrogen and oxygen atoms in total. The van der Waals surface area contributed by atoms with Crippen LogP contribution in [-0.2, 0) is 6.42 Å². The number of rotatable bonds is 3. The van der Waals surface area contributed by atoms with Crippen LogP contribution in [0.2, 0.25) is 5.02 Å². The maximum atomic E-state index is 10.2. The highest BCUT2D eigenvalue weighted by Crippen LogP contribution is 2.40. The third kappa shape index (κ3) is 2.33. The van der Waals surface area contributed by atoms with Gasteiger partial charge in [-0.2, -0.15) is 0 Å². The zero-order valence-electron chi connectivity index (χ0n) is 9.76. The van der Waals surface area contributed by atoms with Gasteiger partial charge < -0.3 is 10.8 Å². The Kier molecular flexibility index (Phi) is 2.89. The van der Waals surface area contributed by atoms with Crippen molar-refractivity contribution in [2.24, 2.45) is 5.73 Å². The van der Waals surface area contributed by atoms with Crippen LogP contribution in [0.25, 0.3) is 0 Å². The summed E-state index contributed by atoms with van der Waals surface area (Å²) in [6.07, 6.45) is 2.80. The summed E-state index contributed by atoms with van der Waals surface area (Å²) in [7, 11) is 0. The summed E-state index contributed by atoms with van der Waals surface area (Å²) < 4.78 is 0. The Labute approximate surface area is 101 Å². The minimum atomic E-state index is -0.101. The highest BCUT2D eigenvalue weighted by molar-refractivity contribution is 6.30. The molecule has 1 aromatic rings. The number of hydrogen-bond donors (Lipinski definition) is 2. The third-order valence-electron chi connectivity index (χ3n) is 3.24. The van der Waals surface area contributed by atoms with Crippen molar-refractivity contribution in [3.63, 3.8) is 0 Å². The van der Waals surface area contributed by atoms with Crippen molar-refractivity contribution in [2.45, 2.75) is 44.6 Å². The average Bonchev–Trinajstić information content (AvgIpc) is 2.89. The molecule has 0 aliphatic heterocycles. The lowest BCUT2D eigenvalue weighted by Gasteiger charge is -2.16. The number of aromatic hydroxyl groups is 1. The molecule has 0 heterocycles. The molecule has 0 saturated heterocycles. The maximum absolute atomic E-state index is 10.2. The quantitative estimate of drug-likeness (QED) is 0.851. The second kappa shape index (κ2) is 3.94. The van der Waals surface area contributed by atoms with Crippen molar-refractivity contribution in [3.05, 3.63) is 28.3 Å². The van der Waals surface area contributed by atoms with Crippen LogP contribution in [0.5, 0.6) is 5.75 Å². The molecule has 88 valence electrons. The molecule has 0 amide bonds. The first-order chi connectivity index (χ1) is 7.41. The van der Waals surface area contributed by atoms with E-state index >= 15 is 0 Å². The Morgan fingerprint density at radius 2 is 2.06 bits per heavy atom. The molecule has 0 bridgehead atoms. The smallest absolute Gasteiger partial charge is 0.122 e. The first-order valence-corrected chi connectivity index (χ1v) is 6.09. The summed E-state index contributed by atoms with van der Waals surface area (Å²) in [4.78, 5) is 0. The van der Waals surface area contributed by atoms with Crippen LogP contribution in [0, 0.1) is 0 Å². The number of halogens is 1. The number of phenols is 1. The van der Waals surface area contributed by atoms with Gasteiger partial charge in [0.25, 0.3) is 0 Å². The number of benzene rings is 1. The molecule has 0 aromatic heterocycles. The molecule has 0 spiro atoms. The van der Waals surface area contributed by atoms with E-state index in [2.05, 4.69) is 0 Å². The highest BCUT2D eigenvalue weighted by atomic mass is 35.5. The van der Waals surface area contributed by atoms with Crippen LogP contribution in [0.3, 0.4) is 0 Å². The van der Waals surface area contributed by atoms with E-state index in [1.807, 2.05) is 26.0 Å². The van der Waals surface area contributed by atoms with Crippen LogP contribution in [0.1, 0.15) is 43.7 Å². The van der Waals surface area contributed by atoms with E-state index in [9.17, 15) is 5.11 Å². The SMILES string of the molecule is CC(C)c1cc(Cl)cc(CC2(N)CC2)c1O. The first kappa shape index (κ1) is 11.7. The summed E-state index contributed by atoms with van der Waals surface area (Å²) in [5, 5.41) is 10.8. The van der Waals surface area contributed by atoms with Crippen LogP contribution in [0.15, 0.2) is 12.1 Å². The predicted octanol–water partition coefficient (Wildman–Crippen LogP) is 3.20. The molecule has 1 aliphatic carbocycles. The van der Waals surface area contributed by atoms with Crippen LogP contribution in [-0.4, -0.2) is 10.6 Å². The van der Waals surface area contributed by atoms with Crippen molar-refractivity contribution in [1.82, 2.24) is 0 Å². The number of hydrogen-bond acceptors (Lipinski definition) is 2. The van der Waals surface area contributed by atoms with E-state index in [-0.39, 0.29) is 11.5 Å². The normalized spacial score (nSPS) is 17.8. The van der Waals surface area contributed by atoms with E-state index in [4.69, 9.17) is 17.3 Å². The second-order valence-electron chi connectivity index (χ2n) is 5.20. The van der Waals surface area contributed by atoms with Gasteiger partial charge in [0.1, 0.15) is 5.75 Å². The standard InChI is InChI=1S/C13H18ClNO/c1-8(2)11-6-10(14)5-9(12(11)16)7-13(15)3-4-13/h5-6,8,16H,3-4,7,15H2,1-2H3. The Balaban J connectivity index is 2.36. The molecule has 1 fully saturated rings. The molecule has 0 radical (unpaired) electrons. The van der Waals surface area contributed by atoms with Crippen molar-refractivity contribution in [2.75, 3.05) is 0 Å². The Morgan fingerprint density at radius 1 is 1.44 bits per heavy atom. The number of phenolic OH excluding ortho intramolecular Hbond substituents is 1. The van der Waals surface area contributed by atoms with Crippen LogP contribution >= 0.6 is 11.6 Å². The largest absolute Gasteiger partial charge is 0.507 e. The zero-order valence-corrected chi connectivity index (χ0v) is 10.5. The van der Waals surface area contributed by atoms with Crippen molar-refractivity contribution < 1.29 is 5.11 Å².